The van der Waals surface area contributed by atoms with E-state index in [0.717, 1.165) is 38.5 Å². The summed E-state index contributed by atoms with van der Waals surface area (Å²) in [5.74, 6) is 0.761. The molecule has 0 saturated heterocycles. The molecule has 4 fully saturated rings. The summed E-state index contributed by atoms with van der Waals surface area (Å²) in [6.07, 6.45) is 33.2. The van der Waals surface area contributed by atoms with Gasteiger partial charge < -0.3 is 29.2 Å². The lowest BCUT2D eigenvalue weighted by atomic mass is 9.86. The van der Waals surface area contributed by atoms with Gasteiger partial charge in [-0.1, -0.05) is 119 Å². The average molecular weight is 969 g/mol. The topological polar surface area (TPSA) is 180 Å². The highest BCUT2D eigenvalue weighted by atomic mass is 16.6. The van der Waals surface area contributed by atoms with Gasteiger partial charge in [-0.25, -0.2) is 0 Å². The van der Waals surface area contributed by atoms with Gasteiger partial charge in [-0.2, -0.15) is 0 Å². The zero-order chi connectivity index (χ0) is 51.5. The lowest BCUT2D eigenvalue weighted by Crippen LogP contribution is -2.25. The monoisotopic (exact) mass is 969 g/mol. The minimum Gasteiger partial charge on any atom is -0.462 e. The van der Waals surface area contributed by atoms with Crippen molar-refractivity contribution in [3.63, 3.8) is 0 Å². The summed E-state index contributed by atoms with van der Waals surface area (Å²) in [4.78, 5) is 65.3. The maximum Gasteiger partial charge on any atom is 0.313 e. The van der Waals surface area contributed by atoms with E-state index in [-0.39, 0.29) is 36.4 Å². The molecule has 4 atom stereocenters. The van der Waals surface area contributed by atoms with Gasteiger partial charge >= 0.3 is 35.8 Å². The Balaban J connectivity index is 0. The molecule has 0 spiro atoms. The van der Waals surface area contributed by atoms with Crippen LogP contribution in [0.4, 0.5) is 0 Å². The van der Waals surface area contributed by atoms with Gasteiger partial charge in [0.05, 0.1) is 12.2 Å². The average Bonchev–Trinajstić information content (AvgIpc) is 3.31. The fourth-order valence-corrected chi connectivity index (χ4v) is 8.85. The van der Waals surface area contributed by atoms with Crippen LogP contribution in [0.25, 0.3) is 0 Å². The van der Waals surface area contributed by atoms with Crippen LogP contribution in [0.2, 0.25) is 0 Å². The summed E-state index contributed by atoms with van der Waals surface area (Å²) in [6, 6.07) is 0. The lowest BCUT2D eigenvalue weighted by Gasteiger charge is -2.27. The molecule has 4 aliphatic carbocycles. The molecule has 12 nitrogen and oxygen atoms in total. The Labute approximate surface area is 415 Å². The Morgan fingerprint density at radius 2 is 0.529 bits per heavy atom. The van der Waals surface area contributed by atoms with Crippen molar-refractivity contribution in [2.24, 2.45) is 23.7 Å². The van der Waals surface area contributed by atoms with E-state index in [4.69, 9.17) is 9.47 Å². The van der Waals surface area contributed by atoms with Crippen LogP contribution in [0, 0.1) is 23.7 Å². The highest BCUT2D eigenvalue weighted by Gasteiger charge is 2.24. The lowest BCUT2D eigenvalue weighted by molar-refractivity contribution is -0.161. The number of hydrogen-bond acceptors (Lipinski definition) is 12. The van der Waals surface area contributed by atoms with Crippen molar-refractivity contribution in [2.45, 2.75) is 299 Å². The molecule has 4 rings (SSSR count). The third-order valence-corrected chi connectivity index (χ3v) is 13.1. The molecule has 0 unspecified atom stereocenters. The second-order valence-corrected chi connectivity index (χ2v) is 19.7. The van der Waals surface area contributed by atoms with Crippen molar-refractivity contribution in [3.05, 3.63) is 0 Å². The zero-order valence-electron chi connectivity index (χ0n) is 45.2. The summed E-state index contributed by atoms with van der Waals surface area (Å²) >= 11 is 0. The molecular weight excluding hydrogens is 865 g/mol. The molecule has 4 aliphatic rings. The fourth-order valence-electron chi connectivity index (χ4n) is 8.85. The summed E-state index contributed by atoms with van der Waals surface area (Å²) in [7, 11) is 0. The van der Waals surface area contributed by atoms with Crippen LogP contribution in [0.15, 0.2) is 0 Å². The van der Waals surface area contributed by atoms with Crippen LogP contribution >= 0.6 is 0 Å². The smallest absolute Gasteiger partial charge is 0.313 e. The third-order valence-electron chi connectivity index (χ3n) is 13.1. The summed E-state index contributed by atoms with van der Waals surface area (Å²) in [5, 5.41) is 18.4. The van der Waals surface area contributed by atoms with E-state index in [0.29, 0.717) is 62.2 Å². The number of hydrogen-bond donors (Lipinski definition) is 2. The fraction of sp³-hybridized carbons (Fsp3) is 0.893. The standard InChI is InChI=1S/2C12H22O2.2C8H14O3.2C8H16O/c2*1-3-7-12(13)14-10(2)11-8-5-4-6-9-11;2*1-3-5-7(9)11-8(10)6-4-2;2*1-7(9)8-5-3-2-4-6-8/h2*10-11H,3-9H2,1-2H3;2*3-6H2,1-2H3;2*7-9H,2-6H2,1H3/t2*10-;;;2*7-/m10..10/s1. The first kappa shape index (κ1) is 67.2. The van der Waals surface area contributed by atoms with Crippen LogP contribution in [0.1, 0.15) is 275 Å². The predicted molar refractivity (Wildman–Crippen MR) is 272 cm³/mol. The first-order valence-corrected chi connectivity index (χ1v) is 27.7. The quantitative estimate of drug-likeness (QED) is 0.0755. The van der Waals surface area contributed by atoms with Gasteiger partial charge in [-0.15, -0.1) is 0 Å². The second-order valence-electron chi connectivity index (χ2n) is 19.7. The normalized spacial score (nSPS) is 18.3. The maximum absolute atomic E-state index is 11.3. The Morgan fingerprint density at radius 3 is 0.706 bits per heavy atom. The Hall–Kier alpha value is -2.86. The molecule has 0 radical (unpaired) electrons. The first-order valence-electron chi connectivity index (χ1n) is 27.7. The maximum atomic E-state index is 11.3. The van der Waals surface area contributed by atoms with Gasteiger partial charge in [0.1, 0.15) is 12.2 Å². The number of ether oxygens (including phenoxy) is 4. The summed E-state index contributed by atoms with van der Waals surface area (Å²) < 4.78 is 19.7. The van der Waals surface area contributed by atoms with Gasteiger partial charge in [-0.3, -0.25) is 28.8 Å². The van der Waals surface area contributed by atoms with Gasteiger partial charge in [0.15, 0.2) is 0 Å². The molecule has 0 amide bonds. The molecule has 400 valence electrons. The van der Waals surface area contributed by atoms with Crippen molar-refractivity contribution in [3.8, 4) is 0 Å². The van der Waals surface area contributed by atoms with Gasteiger partial charge in [0.25, 0.3) is 0 Å². The van der Waals surface area contributed by atoms with E-state index in [1.54, 1.807) is 0 Å². The molecular formula is C56H104O12. The minimum absolute atomic E-state index is 0.0226. The van der Waals surface area contributed by atoms with Crippen molar-refractivity contribution in [1.29, 1.82) is 0 Å². The molecule has 4 saturated carbocycles. The SMILES string of the molecule is CCCC(=O)OC(=O)CCC.CCCC(=O)OC(=O)CCC.CCCC(=O)O[C@@H](C)C1CCCCC1.CCCC(=O)O[C@H](C)C1CCCCC1.C[C@@H](O)C1CCCCC1.C[C@H](O)C1CCCCC1. The van der Waals surface area contributed by atoms with Gasteiger partial charge in [0, 0.05) is 38.5 Å². The van der Waals surface area contributed by atoms with Crippen LogP contribution in [0.3, 0.4) is 0 Å². The molecule has 2 N–H and O–H groups in total. The first-order chi connectivity index (χ1) is 32.5. The van der Waals surface area contributed by atoms with Crippen molar-refractivity contribution >= 4 is 35.8 Å². The van der Waals surface area contributed by atoms with E-state index in [1.165, 1.54) is 128 Å². The number of aliphatic hydroxyl groups is 2. The van der Waals surface area contributed by atoms with Crippen molar-refractivity contribution in [2.75, 3.05) is 0 Å². The van der Waals surface area contributed by atoms with E-state index < -0.39 is 23.9 Å². The highest BCUT2D eigenvalue weighted by molar-refractivity contribution is 5.85. The zero-order valence-corrected chi connectivity index (χ0v) is 45.2. The molecule has 68 heavy (non-hydrogen) atoms. The van der Waals surface area contributed by atoms with Gasteiger partial charge in [0.2, 0.25) is 0 Å². The van der Waals surface area contributed by atoms with Crippen LogP contribution in [-0.2, 0) is 47.7 Å². The van der Waals surface area contributed by atoms with E-state index in [9.17, 15) is 39.0 Å². The Morgan fingerprint density at radius 1 is 0.338 bits per heavy atom. The minimum atomic E-state index is -0.411. The Bertz CT molecular complexity index is 1130. The van der Waals surface area contributed by atoms with Gasteiger partial charge in [-0.05, 0) is 141 Å². The van der Waals surface area contributed by atoms with E-state index in [2.05, 4.69) is 9.47 Å². The third kappa shape index (κ3) is 38.9. The predicted octanol–water partition coefficient (Wildman–Crippen LogP) is 13.8. The second kappa shape index (κ2) is 45.3. The van der Waals surface area contributed by atoms with Crippen molar-refractivity contribution in [1.82, 2.24) is 0 Å². The number of esters is 6. The summed E-state index contributed by atoms with van der Waals surface area (Å²) in [5.41, 5.74) is 0. The Kier molecular flexibility index (Phi) is 44.8. The number of carbonyl (C=O) groups is 6. The molecule has 0 aromatic heterocycles. The van der Waals surface area contributed by atoms with Crippen LogP contribution < -0.4 is 0 Å². The van der Waals surface area contributed by atoms with E-state index in [1.807, 2.05) is 69.2 Å². The molecule has 0 bridgehead atoms. The summed E-state index contributed by atoms with van der Waals surface area (Å²) in [6.45, 7) is 19.4. The van der Waals surface area contributed by atoms with Crippen molar-refractivity contribution < 1.29 is 57.9 Å². The van der Waals surface area contributed by atoms with E-state index >= 15 is 0 Å². The number of rotatable bonds is 18. The van der Waals surface area contributed by atoms with Crippen LogP contribution in [-0.4, -0.2) is 70.4 Å². The molecule has 0 heterocycles. The molecule has 0 aromatic rings. The largest absolute Gasteiger partial charge is 0.462 e. The highest BCUT2D eigenvalue weighted by Crippen LogP contribution is 2.30. The molecule has 0 aromatic carbocycles. The molecule has 12 heteroatoms. The number of aliphatic hydroxyl groups excluding tert-OH is 2. The van der Waals surface area contributed by atoms with Crippen LogP contribution in [0.5, 0.6) is 0 Å². The number of carbonyl (C=O) groups excluding carboxylic acids is 6. The molecule has 0 aliphatic heterocycles.